The monoisotopic (exact) mass is 191 g/mol. The summed E-state index contributed by atoms with van der Waals surface area (Å²) in [7, 11) is 0. The summed E-state index contributed by atoms with van der Waals surface area (Å²) in [6, 6.07) is 6.79. The number of rotatable bonds is 3. The lowest BCUT2D eigenvalue weighted by molar-refractivity contribution is 0.451. The fourth-order valence-electron chi connectivity index (χ4n) is 1.71. The third-order valence-corrected chi connectivity index (χ3v) is 2.72. The van der Waals surface area contributed by atoms with E-state index in [1.165, 1.54) is 12.8 Å². The molecule has 0 saturated heterocycles. The highest BCUT2D eigenvalue weighted by atomic mass is 16.3. The van der Waals surface area contributed by atoms with E-state index in [1.54, 1.807) is 0 Å². The second-order valence-electron chi connectivity index (χ2n) is 4.22. The van der Waals surface area contributed by atoms with Crippen LogP contribution in [0.2, 0.25) is 0 Å². The third-order valence-electron chi connectivity index (χ3n) is 2.72. The van der Waals surface area contributed by atoms with Crippen LogP contribution in [-0.2, 0) is 0 Å². The van der Waals surface area contributed by atoms with Crippen molar-refractivity contribution in [3.63, 3.8) is 0 Å². The molecule has 14 heavy (non-hydrogen) atoms. The molecule has 1 atom stereocenters. The Hall–Kier alpha value is -1.02. The largest absolute Gasteiger partial charge is 0.508 e. The number of aryl methyl sites for hydroxylation is 1. The molecule has 2 nitrogen and oxygen atoms in total. The van der Waals surface area contributed by atoms with Gasteiger partial charge in [0.1, 0.15) is 5.75 Å². The highest BCUT2D eigenvalue weighted by Gasteiger charge is 2.24. The van der Waals surface area contributed by atoms with E-state index >= 15 is 0 Å². The van der Waals surface area contributed by atoms with E-state index in [9.17, 15) is 5.11 Å². The van der Waals surface area contributed by atoms with Crippen molar-refractivity contribution in [1.82, 2.24) is 5.32 Å². The molecule has 2 rings (SSSR count). The maximum absolute atomic E-state index is 9.76. The van der Waals surface area contributed by atoms with Crippen LogP contribution in [-0.4, -0.2) is 11.1 Å². The maximum Gasteiger partial charge on any atom is 0.120 e. The van der Waals surface area contributed by atoms with E-state index in [0.29, 0.717) is 11.8 Å². The third kappa shape index (κ3) is 2.07. The van der Waals surface area contributed by atoms with Gasteiger partial charge in [0.25, 0.3) is 0 Å². The van der Waals surface area contributed by atoms with E-state index in [4.69, 9.17) is 0 Å². The minimum atomic E-state index is 0.253. The molecule has 1 aromatic rings. The number of hydrogen-bond acceptors (Lipinski definition) is 2. The van der Waals surface area contributed by atoms with Gasteiger partial charge in [-0.3, -0.25) is 0 Å². The molecular weight excluding hydrogens is 174 g/mol. The van der Waals surface area contributed by atoms with Crippen molar-refractivity contribution >= 4 is 0 Å². The molecule has 2 N–H and O–H groups in total. The molecule has 0 bridgehead atoms. The molecule has 1 unspecified atom stereocenters. The standard InChI is InChI=1S/C12H17NO/c1-8-3-6-11(12(14)7-8)9(2)13-10-4-5-10/h3,6-7,9-10,13-14H,4-5H2,1-2H3. The summed E-state index contributed by atoms with van der Waals surface area (Å²) in [5.41, 5.74) is 2.10. The van der Waals surface area contributed by atoms with Crippen molar-refractivity contribution in [3.8, 4) is 5.75 Å². The van der Waals surface area contributed by atoms with Crippen molar-refractivity contribution in [1.29, 1.82) is 0 Å². The second kappa shape index (κ2) is 3.62. The van der Waals surface area contributed by atoms with Gasteiger partial charge in [-0.05, 0) is 38.3 Å². The average Bonchev–Trinajstić information content (AvgIpc) is 2.87. The van der Waals surface area contributed by atoms with Crippen LogP contribution in [0.25, 0.3) is 0 Å². The number of nitrogens with one attached hydrogen (secondary N) is 1. The Bertz CT molecular complexity index is 331. The summed E-state index contributed by atoms with van der Waals surface area (Å²) in [6.07, 6.45) is 2.55. The Morgan fingerprint density at radius 1 is 1.43 bits per heavy atom. The lowest BCUT2D eigenvalue weighted by Gasteiger charge is -2.15. The minimum absolute atomic E-state index is 0.253. The molecular formula is C12H17NO. The number of phenolic OH excluding ortho intramolecular Hbond substituents is 1. The molecule has 0 amide bonds. The number of hydrogen-bond donors (Lipinski definition) is 2. The average molecular weight is 191 g/mol. The molecule has 1 aromatic carbocycles. The van der Waals surface area contributed by atoms with Gasteiger partial charge in [-0.1, -0.05) is 12.1 Å². The summed E-state index contributed by atoms with van der Waals surface area (Å²) in [4.78, 5) is 0. The Labute approximate surface area is 85.0 Å². The Balaban J connectivity index is 2.13. The van der Waals surface area contributed by atoms with Gasteiger partial charge in [0, 0.05) is 17.6 Å². The highest BCUT2D eigenvalue weighted by molar-refractivity contribution is 5.37. The van der Waals surface area contributed by atoms with Crippen LogP contribution in [0, 0.1) is 6.92 Å². The number of phenols is 1. The topological polar surface area (TPSA) is 32.3 Å². The molecule has 0 spiro atoms. The summed E-state index contributed by atoms with van der Waals surface area (Å²) >= 11 is 0. The van der Waals surface area contributed by atoms with Gasteiger partial charge in [0.15, 0.2) is 0 Å². The van der Waals surface area contributed by atoms with E-state index in [2.05, 4.69) is 12.2 Å². The van der Waals surface area contributed by atoms with E-state index in [-0.39, 0.29) is 6.04 Å². The van der Waals surface area contributed by atoms with Gasteiger partial charge in [0.05, 0.1) is 0 Å². The van der Waals surface area contributed by atoms with Crippen molar-refractivity contribution < 1.29 is 5.11 Å². The summed E-state index contributed by atoms with van der Waals surface area (Å²) in [5.74, 6) is 0.408. The summed E-state index contributed by atoms with van der Waals surface area (Å²) < 4.78 is 0. The van der Waals surface area contributed by atoms with Crippen LogP contribution >= 0.6 is 0 Å². The fourth-order valence-corrected chi connectivity index (χ4v) is 1.71. The van der Waals surface area contributed by atoms with Crippen molar-refractivity contribution in [2.75, 3.05) is 0 Å². The van der Waals surface area contributed by atoms with Gasteiger partial charge in [0.2, 0.25) is 0 Å². The first-order valence-corrected chi connectivity index (χ1v) is 5.22. The van der Waals surface area contributed by atoms with Crippen molar-refractivity contribution in [3.05, 3.63) is 29.3 Å². The predicted octanol–water partition coefficient (Wildman–Crippen LogP) is 2.51. The number of aromatic hydroxyl groups is 1. The SMILES string of the molecule is Cc1ccc(C(C)NC2CC2)c(O)c1. The van der Waals surface area contributed by atoms with Gasteiger partial charge in [-0.25, -0.2) is 0 Å². The van der Waals surface area contributed by atoms with Gasteiger partial charge >= 0.3 is 0 Å². The fraction of sp³-hybridized carbons (Fsp3) is 0.500. The first kappa shape index (κ1) is 9.53. The van der Waals surface area contributed by atoms with Gasteiger partial charge in [-0.15, -0.1) is 0 Å². The van der Waals surface area contributed by atoms with Crippen molar-refractivity contribution in [2.24, 2.45) is 0 Å². The Kier molecular flexibility index (Phi) is 2.46. The Morgan fingerprint density at radius 3 is 2.71 bits per heavy atom. The first-order valence-electron chi connectivity index (χ1n) is 5.22. The van der Waals surface area contributed by atoms with Crippen molar-refractivity contribution in [2.45, 2.75) is 38.8 Å². The molecule has 1 fully saturated rings. The lowest BCUT2D eigenvalue weighted by Crippen LogP contribution is -2.20. The normalized spacial score (nSPS) is 18.1. The van der Waals surface area contributed by atoms with E-state index in [0.717, 1.165) is 11.1 Å². The maximum atomic E-state index is 9.76. The molecule has 1 aliphatic rings. The zero-order valence-corrected chi connectivity index (χ0v) is 8.75. The molecule has 0 aliphatic heterocycles. The van der Waals surface area contributed by atoms with Crippen LogP contribution in [0.15, 0.2) is 18.2 Å². The predicted molar refractivity (Wildman–Crippen MR) is 57.4 cm³/mol. The van der Waals surface area contributed by atoms with E-state index < -0.39 is 0 Å². The quantitative estimate of drug-likeness (QED) is 0.769. The van der Waals surface area contributed by atoms with Crippen LogP contribution in [0.5, 0.6) is 5.75 Å². The van der Waals surface area contributed by atoms with Crippen LogP contribution in [0.3, 0.4) is 0 Å². The van der Waals surface area contributed by atoms with Gasteiger partial charge in [-0.2, -0.15) is 0 Å². The zero-order chi connectivity index (χ0) is 10.1. The molecule has 1 aliphatic carbocycles. The van der Waals surface area contributed by atoms with Crippen LogP contribution in [0.4, 0.5) is 0 Å². The highest BCUT2D eigenvalue weighted by Crippen LogP contribution is 2.28. The molecule has 2 heteroatoms. The molecule has 0 heterocycles. The van der Waals surface area contributed by atoms with Crippen LogP contribution in [0.1, 0.15) is 36.9 Å². The molecule has 1 saturated carbocycles. The minimum Gasteiger partial charge on any atom is -0.508 e. The number of benzene rings is 1. The summed E-state index contributed by atoms with van der Waals surface area (Å²) in [5, 5.41) is 13.2. The zero-order valence-electron chi connectivity index (χ0n) is 8.75. The second-order valence-corrected chi connectivity index (χ2v) is 4.22. The van der Waals surface area contributed by atoms with Crippen LogP contribution < -0.4 is 5.32 Å². The first-order chi connectivity index (χ1) is 6.66. The lowest BCUT2D eigenvalue weighted by atomic mass is 10.1. The van der Waals surface area contributed by atoms with Gasteiger partial charge < -0.3 is 10.4 Å². The molecule has 0 radical (unpaired) electrons. The molecule has 76 valence electrons. The Morgan fingerprint density at radius 2 is 2.14 bits per heavy atom. The summed E-state index contributed by atoms with van der Waals surface area (Å²) in [6.45, 7) is 4.09. The smallest absolute Gasteiger partial charge is 0.120 e. The molecule has 0 aromatic heterocycles. The van der Waals surface area contributed by atoms with E-state index in [1.807, 2.05) is 25.1 Å².